The summed E-state index contributed by atoms with van der Waals surface area (Å²) >= 11 is 0. The van der Waals surface area contributed by atoms with Crippen molar-refractivity contribution in [2.75, 3.05) is 5.32 Å². The first-order chi connectivity index (χ1) is 10.5. The molecule has 1 unspecified atom stereocenters. The van der Waals surface area contributed by atoms with Crippen molar-refractivity contribution in [2.45, 2.75) is 26.9 Å². The van der Waals surface area contributed by atoms with Gasteiger partial charge in [0.15, 0.2) is 6.10 Å². The lowest BCUT2D eigenvalue weighted by Gasteiger charge is -2.14. The van der Waals surface area contributed by atoms with E-state index < -0.39 is 12.1 Å². The van der Waals surface area contributed by atoms with Gasteiger partial charge in [0.05, 0.1) is 5.56 Å². The van der Waals surface area contributed by atoms with E-state index in [0.717, 1.165) is 11.1 Å². The second-order valence-corrected chi connectivity index (χ2v) is 5.20. The number of hydrogen-bond acceptors (Lipinski definition) is 3. The average molecular weight is 297 g/mol. The monoisotopic (exact) mass is 297 g/mol. The summed E-state index contributed by atoms with van der Waals surface area (Å²) in [4.78, 5) is 24.1. The van der Waals surface area contributed by atoms with E-state index >= 15 is 0 Å². The molecule has 22 heavy (non-hydrogen) atoms. The van der Waals surface area contributed by atoms with Crippen molar-refractivity contribution < 1.29 is 14.3 Å². The van der Waals surface area contributed by atoms with Gasteiger partial charge in [-0.3, -0.25) is 4.79 Å². The van der Waals surface area contributed by atoms with Crippen molar-refractivity contribution in [3.63, 3.8) is 0 Å². The first-order valence-corrected chi connectivity index (χ1v) is 7.11. The van der Waals surface area contributed by atoms with Gasteiger partial charge < -0.3 is 10.1 Å². The highest BCUT2D eigenvalue weighted by atomic mass is 16.5. The van der Waals surface area contributed by atoms with E-state index in [-0.39, 0.29) is 5.91 Å². The summed E-state index contributed by atoms with van der Waals surface area (Å²) in [7, 11) is 0. The minimum absolute atomic E-state index is 0.358. The standard InChI is InChI=1S/C18H19NO3/c1-12-9-10-15(11-13(12)2)18(21)22-14(3)17(20)19-16-7-5-4-6-8-16/h4-11,14H,1-3H3,(H,19,20). The van der Waals surface area contributed by atoms with E-state index in [1.807, 2.05) is 38.1 Å². The van der Waals surface area contributed by atoms with Crippen LogP contribution in [-0.4, -0.2) is 18.0 Å². The van der Waals surface area contributed by atoms with Crippen LogP contribution in [0, 0.1) is 13.8 Å². The average Bonchev–Trinajstić information content (AvgIpc) is 2.50. The molecular formula is C18H19NO3. The number of nitrogens with one attached hydrogen (secondary N) is 1. The maximum Gasteiger partial charge on any atom is 0.338 e. The van der Waals surface area contributed by atoms with Gasteiger partial charge in [0.25, 0.3) is 5.91 Å². The third-order valence-electron chi connectivity index (χ3n) is 3.44. The summed E-state index contributed by atoms with van der Waals surface area (Å²) in [5, 5.41) is 2.70. The van der Waals surface area contributed by atoms with Crippen LogP contribution in [0.1, 0.15) is 28.4 Å². The van der Waals surface area contributed by atoms with E-state index in [4.69, 9.17) is 4.74 Å². The molecule has 2 aromatic rings. The number of amides is 1. The Morgan fingerprint density at radius 1 is 1.00 bits per heavy atom. The molecule has 0 spiro atoms. The molecule has 0 fully saturated rings. The van der Waals surface area contributed by atoms with Crippen molar-refractivity contribution in [2.24, 2.45) is 0 Å². The number of hydrogen-bond donors (Lipinski definition) is 1. The van der Waals surface area contributed by atoms with E-state index in [9.17, 15) is 9.59 Å². The lowest BCUT2D eigenvalue weighted by molar-refractivity contribution is -0.123. The van der Waals surface area contributed by atoms with E-state index in [0.29, 0.717) is 11.3 Å². The van der Waals surface area contributed by atoms with E-state index in [1.165, 1.54) is 0 Å². The molecule has 0 saturated heterocycles. The van der Waals surface area contributed by atoms with Crippen LogP contribution in [0.15, 0.2) is 48.5 Å². The van der Waals surface area contributed by atoms with Gasteiger partial charge >= 0.3 is 5.97 Å². The minimum Gasteiger partial charge on any atom is -0.449 e. The SMILES string of the molecule is Cc1ccc(C(=O)OC(C)C(=O)Nc2ccccc2)cc1C. The molecule has 0 aliphatic carbocycles. The summed E-state index contributed by atoms with van der Waals surface area (Å²) in [5.41, 5.74) is 3.23. The van der Waals surface area contributed by atoms with Crippen LogP contribution in [0.5, 0.6) is 0 Å². The molecule has 4 nitrogen and oxygen atoms in total. The third kappa shape index (κ3) is 3.95. The highest BCUT2D eigenvalue weighted by Crippen LogP contribution is 2.12. The molecule has 0 aromatic heterocycles. The Bertz CT molecular complexity index is 680. The van der Waals surface area contributed by atoms with E-state index in [1.54, 1.807) is 31.2 Å². The zero-order valence-corrected chi connectivity index (χ0v) is 12.9. The van der Waals surface area contributed by atoms with Crippen molar-refractivity contribution in [1.29, 1.82) is 0 Å². The lowest BCUT2D eigenvalue weighted by Crippen LogP contribution is -2.30. The summed E-state index contributed by atoms with van der Waals surface area (Å²) in [5.74, 6) is -0.859. The summed E-state index contributed by atoms with van der Waals surface area (Å²) in [6.07, 6.45) is -0.866. The Labute approximate surface area is 130 Å². The summed E-state index contributed by atoms with van der Waals surface area (Å²) in [6.45, 7) is 5.45. The van der Waals surface area contributed by atoms with Crippen LogP contribution in [-0.2, 0) is 9.53 Å². The number of esters is 1. The number of para-hydroxylation sites is 1. The highest BCUT2D eigenvalue weighted by Gasteiger charge is 2.19. The minimum atomic E-state index is -0.866. The Hall–Kier alpha value is -2.62. The van der Waals surface area contributed by atoms with Crippen LogP contribution in [0.25, 0.3) is 0 Å². The molecular weight excluding hydrogens is 278 g/mol. The van der Waals surface area contributed by atoms with Gasteiger partial charge in [-0.15, -0.1) is 0 Å². The van der Waals surface area contributed by atoms with Crippen molar-refractivity contribution >= 4 is 17.6 Å². The van der Waals surface area contributed by atoms with Crippen molar-refractivity contribution in [1.82, 2.24) is 0 Å². The van der Waals surface area contributed by atoms with Crippen LogP contribution in [0.2, 0.25) is 0 Å². The fourth-order valence-electron chi connectivity index (χ4n) is 1.92. The quantitative estimate of drug-likeness (QED) is 0.879. The Balaban J connectivity index is 1.98. The molecule has 1 amide bonds. The molecule has 0 saturated carbocycles. The Morgan fingerprint density at radius 3 is 2.32 bits per heavy atom. The van der Waals surface area contributed by atoms with Crippen molar-refractivity contribution in [3.05, 3.63) is 65.2 Å². The zero-order chi connectivity index (χ0) is 16.1. The molecule has 0 heterocycles. The van der Waals surface area contributed by atoms with Gasteiger partial charge in [-0.2, -0.15) is 0 Å². The number of benzene rings is 2. The zero-order valence-electron chi connectivity index (χ0n) is 12.9. The smallest absolute Gasteiger partial charge is 0.338 e. The normalized spacial score (nSPS) is 11.6. The number of ether oxygens (including phenoxy) is 1. The maximum atomic E-state index is 12.1. The number of carbonyl (C=O) groups is 2. The molecule has 2 aromatic carbocycles. The first kappa shape index (κ1) is 15.8. The fourth-order valence-corrected chi connectivity index (χ4v) is 1.92. The predicted octanol–water partition coefficient (Wildman–Crippen LogP) is 3.49. The molecule has 0 bridgehead atoms. The largest absolute Gasteiger partial charge is 0.449 e. The second-order valence-electron chi connectivity index (χ2n) is 5.20. The number of aryl methyl sites for hydroxylation is 2. The van der Waals surface area contributed by atoms with Crippen LogP contribution >= 0.6 is 0 Å². The Kier molecular flexibility index (Phi) is 4.94. The number of rotatable bonds is 4. The molecule has 2 rings (SSSR count). The topological polar surface area (TPSA) is 55.4 Å². The molecule has 0 aliphatic rings. The van der Waals surface area contributed by atoms with Crippen molar-refractivity contribution in [3.8, 4) is 0 Å². The van der Waals surface area contributed by atoms with Gasteiger partial charge in [-0.25, -0.2) is 4.79 Å². The number of anilines is 1. The van der Waals surface area contributed by atoms with Gasteiger partial charge in [0.1, 0.15) is 0 Å². The summed E-state index contributed by atoms with van der Waals surface area (Å²) < 4.78 is 5.21. The van der Waals surface area contributed by atoms with Crippen LogP contribution < -0.4 is 5.32 Å². The molecule has 0 radical (unpaired) electrons. The number of carbonyl (C=O) groups excluding carboxylic acids is 2. The Morgan fingerprint density at radius 2 is 1.68 bits per heavy atom. The third-order valence-corrected chi connectivity index (χ3v) is 3.44. The molecule has 0 aliphatic heterocycles. The van der Waals surface area contributed by atoms with Crippen LogP contribution in [0.4, 0.5) is 5.69 Å². The molecule has 4 heteroatoms. The molecule has 1 atom stereocenters. The van der Waals surface area contributed by atoms with Gasteiger partial charge in [0.2, 0.25) is 0 Å². The predicted molar refractivity (Wildman–Crippen MR) is 85.9 cm³/mol. The lowest BCUT2D eigenvalue weighted by atomic mass is 10.1. The molecule has 114 valence electrons. The van der Waals surface area contributed by atoms with Crippen LogP contribution in [0.3, 0.4) is 0 Å². The van der Waals surface area contributed by atoms with Gasteiger partial charge in [-0.05, 0) is 56.2 Å². The second kappa shape index (κ2) is 6.89. The molecule has 1 N–H and O–H groups in total. The fraction of sp³-hybridized carbons (Fsp3) is 0.222. The summed E-state index contributed by atoms with van der Waals surface area (Å²) in [6, 6.07) is 14.4. The van der Waals surface area contributed by atoms with Gasteiger partial charge in [-0.1, -0.05) is 24.3 Å². The first-order valence-electron chi connectivity index (χ1n) is 7.11. The maximum absolute atomic E-state index is 12.1. The highest BCUT2D eigenvalue weighted by molar-refractivity contribution is 5.97. The van der Waals surface area contributed by atoms with Gasteiger partial charge in [0, 0.05) is 5.69 Å². The van der Waals surface area contributed by atoms with E-state index in [2.05, 4.69) is 5.32 Å².